The fraction of sp³-hybridized carbons (Fsp3) is 0.625. The maximum atomic E-state index is 8.87. The van der Waals surface area contributed by atoms with Gasteiger partial charge in [-0.2, -0.15) is 4.98 Å². The molecule has 0 amide bonds. The van der Waals surface area contributed by atoms with Crippen LogP contribution in [0.1, 0.15) is 51.7 Å². The molecule has 1 aliphatic rings. The summed E-state index contributed by atoms with van der Waals surface area (Å²) in [6, 6.07) is 0. The molecule has 2 rings (SSSR count). The smallest absolute Gasteiger partial charge is 0.252 e. The lowest BCUT2D eigenvalue weighted by atomic mass is 9.65. The summed E-state index contributed by atoms with van der Waals surface area (Å²) in [5.41, 5.74) is 0.453. The summed E-state index contributed by atoms with van der Waals surface area (Å²) in [5, 5.41) is 12.7. The first-order chi connectivity index (χ1) is 9.43. The number of aliphatic hydroxyl groups excluding tert-OH is 1. The van der Waals surface area contributed by atoms with Gasteiger partial charge in [0.25, 0.3) is 5.89 Å². The third-order valence-electron chi connectivity index (χ3n) is 5.26. The van der Waals surface area contributed by atoms with E-state index in [0.29, 0.717) is 11.7 Å². The van der Waals surface area contributed by atoms with E-state index in [9.17, 15) is 0 Å². The third-order valence-corrected chi connectivity index (χ3v) is 5.26. The number of allylic oxidation sites excluding steroid dienone is 2. The first-order valence-electron chi connectivity index (χ1n) is 7.16. The molecule has 0 bridgehead atoms. The number of nitrogens with zero attached hydrogens (tertiary/aromatic N) is 2. The monoisotopic (exact) mass is 276 g/mol. The molecular formula is C16H24N2O2. The van der Waals surface area contributed by atoms with Crippen molar-refractivity contribution in [3.8, 4) is 0 Å². The molecular weight excluding hydrogens is 252 g/mol. The molecule has 20 heavy (non-hydrogen) atoms. The zero-order valence-electron chi connectivity index (χ0n) is 12.6. The van der Waals surface area contributed by atoms with Crippen molar-refractivity contribution in [2.24, 2.45) is 16.7 Å². The lowest BCUT2D eigenvalue weighted by molar-refractivity contribution is 0.137. The van der Waals surface area contributed by atoms with E-state index in [1.54, 1.807) is 0 Å². The van der Waals surface area contributed by atoms with Crippen molar-refractivity contribution >= 4 is 6.08 Å². The maximum absolute atomic E-state index is 8.87. The van der Waals surface area contributed by atoms with Crippen LogP contribution in [0.3, 0.4) is 0 Å². The zero-order valence-corrected chi connectivity index (χ0v) is 12.6. The molecule has 110 valence electrons. The largest absolute Gasteiger partial charge is 0.387 e. The van der Waals surface area contributed by atoms with Crippen LogP contribution in [-0.4, -0.2) is 15.2 Å². The summed E-state index contributed by atoms with van der Waals surface area (Å²) in [4.78, 5) is 4.04. The van der Waals surface area contributed by atoms with Gasteiger partial charge in [0.1, 0.15) is 6.61 Å². The number of aromatic nitrogens is 2. The van der Waals surface area contributed by atoms with Crippen LogP contribution in [0.25, 0.3) is 6.08 Å². The molecule has 0 aromatic carbocycles. The Hall–Kier alpha value is -1.42. The van der Waals surface area contributed by atoms with Gasteiger partial charge in [0.15, 0.2) is 5.82 Å². The lowest BCUT2D eigenvalue weighted by Gasteiger charge is -2.39. The molecule has 1 aliphatic carbocycles. The predicted molar refractivity (Wildman–Crippen MR) is 78.7 cm³/mol. The van der Waals surface area contributed by atoms with Gasteiger partial charge in [-0.05, 0) is 42.1 Å². The maximum Gasteiger partial charge on any atom is 0.252 e. The predicted octanol–water partition coefficient (Wildman–Crippen LogP) is 3.59. The molecule has 1 N–H and O–H groups in total. The molecule has 1 aromatic rings. The van der Waals surface area contributed by atoms with Crippen LogP contribution >= 0.6 is 0 Å². The normalized spacial score (nSPS) is 29.1. The first-order valence-corrected chi connectivity index (χ1v) is 7.16. The second-order valence-corrected chi connectivity index (χ2v) is 6.42. The fourth-order valence-electron chi connectivity index (χ4n) is 3.14. The molecule has 0 radical (unpaired) electrons. The highest BCUT2D eigenvalue weighted by atomic mass is 16.5. The van der Waals surface area contributed by atoms with Crippen LogP contribution in [0.15, 0.2) is 23.3 Å². The van der Waals surface area contributed by atoms with Crippen molar-refractivity contribution < 1.29 is 9.63 Å². The summed E-state index contributed by atoms with van der Waals surface area (Å²) in [7, 11) is 0. The molecule has 0 saturated heterocycles. The molecule has 1 saturated carbocycles. The quantitative estimate of drug-likeness (QED) is 0.835. The average molecular weight is 276 g/mol. The standard InChI is InChI=1S/C16H24N2O2/c1-5-16(4)10-9-12(15(16,2)3)7-6-8-13-17-14(11-19)20-18-13/h5-6,8,12,19H,1,7,9-11H2,2-4H3. The van der Waals surface area contributed by atoms with Gasteiger partial charge >= 0.3 is 0 Å². The Morgan fingerprint density at radius 3 is 2.75 bits per heavy atom. The van der Waals surface area contributed by atoms with Crippen LogP contribution in [0.4, 0.5) is 0 Å². The number of rotatable bonds is 5. The molecule has 0 aliphatic heterocycles. The highest BCUT2D eigenvalue weighted by Crippen LogP contribution is 2.57. The SMILES string of the molecule is C=CC1(C)CCC(CC=Cc2noc(CO)n2)C1(C)C. The Bertz CT molecular complexity index is 504. The van der Waals surface area contributed by atoms with Crippen molar-refractivity contribution in [2.75, 3.05) is 0 Å². The van der Waals surface area contributed by atoms with Gasteiger partial charge in [0.05, 0.1) is 0 Å². The highest BCUT2D eigenvalue weighted by molar-refractivity contribution is 5.38. The second-order valence-electron chi connectivity index (χ2n) is 6.42. The first kappa shape index (κ1) is 15.0. The van der Waals surface area contributed by atoms with E-state index >= 15 is 0 Å². The molecule has 4 nitrogen and oxygen atoms in total. The second kappa shape index (κ2) is 5.52. The van der Waals surface area contributed by atoms with Crippen LogP contribution < -0.4 is 0 Å². The van der Waals surface area contributed by atoms with E-state index in [1.165, 1.54) is 12.8 Å². The molecule has 1 aromatic heterocycles. The minimum absolute atomic E-state index is 0.210. The van der Waals surface area contributed by atoms with E-state index in [0.717, 1.165) is 6.42 Å². The highest BCUT2D eigenvalue weighted by Gasteiger charge is 2.48. The molecule has 0 spiro atoms. The molecule has 1 heterocycles. The van der Waals surface area contributed by atoms with Gasteiger partial charge in [-0.1, -0.05) is 38.1 Å². The van der Waals surface area contributed by atoms with E-state index < -0.39 is 0 Å². The Morgan fingerprint density at radius 1 is 1.45 bits per heavy atom. The van der Waals surface area contributed by atoms with Crippen molar-refractivity contribution in [3.63, 3.8) is 0 Å². The Kier molecular flexibility index (Phi) is 4.14. The van der Waals surface area contributed by atoms with Gasteiger partial charge in [-0.25, -0.2) is 0 Å². The molecule has 2 atom stereocenters. The van der Waals surface area contributed by atoms with Crippen LogP contribution in [0, 0.1) is 16.7 Å². The lowest BCUT2D eigenvalue weighted by Crippen LogP contribution is -2.32. The van der Waals surface area contributed by atoms with Gasteiger partial charge < -0.3 is 9.63 Å². The Morgan fingerprint density at radius 2 is 2.20 bits per heavy atom. The van der Waals surface area contributed by atoms with Gasteiger partial charge in [-0.3, -0.25) is 0 Å². The summed E-state index contributed by atoms with van der Waals surface area (Å²) in [5.74, 6) is 1.41. The van der Waals surface area contributed by atoms with Crippen LogP contribution in [-0.2, 0) is 6.61 Å². The van der Waals surface area contributed by atoms with Crippen LogP contribution in [0.2, 0.25) is 0 Å². The van der Waals surface area contributed by atoms with Crippen molar-refractivity contribution in [2.45, 2.75) is 46.6 Å². The van der Waals surface area contributed by atoms with Gasteiger partial charge in [0, 0.05) is 0 Å². The van der Waals surface area contributed by atoms with Crippen molar-refractivity contribution in [1.29, 1.82) is 0 Å². The summed E-state index contributed by atoms with van der Waals surface area (Å²) in [6.45, 7) is 10.8. The molecule has 1 fully saturated rings. The average Bonchev–Trinajstić information content (AvgIpc) is 2.97. The number of hydrogen-bond acceptors (Lipinski definition) is 4. The van der Waals surface area contributed by atoms with E-state index in [2.05, 4.69) is 49.6 Å². The van der Waals surface area contributed by atoms with Gasteiger partial charge in [-0.15, -0.1) is 6.58 Å². The fourth-order valence-corrected chi connectivity index (χ4v) is 3.14. The van der Waals surface area contributed by atoms with Crippen LogP contribution in [0.5, 0.6) is 0 Å². The summed E-state index contributed by atoms with van der Waals surface area (Å²) >= 11 is 0. The molecule has 2 unspecified atom stereocenters. The minimum Gasteiger partial charge on any atom is -0.387 e. The van der Waals surface area contributed by atoms with E-state index in [-0.39, 0.29) is 23.3 Å². The van der Waals surface area contributed by atoms with Crippen molar-refractivity contribution in [1.82, 2.24) is 10.1 Å². The minimum atomic E-state index is -0.214. The van der Waals surface area contributed by atoms with E-state index in [1.807, 2.05) is 6.08 Å². The van der Waals surface area contributed by atoms with Gasteiger partial charge in [0.2, 0.25) is 0 Å². The Balaban J connectivity index is 1.99. The topological polar surface area (TPSA) is 59.2 Å². The third kappa shape index (κ3) is 2.57. The molecule has 4 heteroatoms. The summed E-state index contributed by atoms with van der Waals surface area (Å²) < 4.78 is 4.85. The van der Waals surface area contributed by atoms with Crippen molar-refractivity contribution in [3.05, 3.63) is 30.4 Å². The zero-order chi connectivity index (χ0) is 14.8. The van der Waals surface area contributed by atoms with E-state index in [4.69, 9.17) is 9.63 Å². The Labute approximate surface area is 120 Å². The number of aliphatic hydroxyl groups is 1. The number of hydrogen-bond donors (Lipinski definition) is 1. The summed E-state index contributed by atoms with van der Waals surface area (Å²) in [6.07, 6.45) is 9.49.